The number of benzene rings is 2. The Kier molecular flexibility index (Phi) is 7.13. The number of carboxylic acid groups (broad SMARTS) is 2. The second-order valence-electron chi connectivity index (χ2n) is 4.41. The average Bonchev–Trinajstić information content (AvgIpc) is 2.55. The van der Waals surface area contributed by atoms with Gasteiger partial charge in [-0.05, 0) is 47.5 Å². The topological polar surface area (TPSA) is 98.7 Å². The van der Waals surface area contributed by atoms with Crippen molar-refractivity contribution in [3.63, 3.8) is 0 Å². The van der Waals surface area contributed by atoms with E-state index in [2.05, 4.69) is 0 Å². The van der Waals surface area contributed by atoms with Crippen LogP contribution in [0.25, 0.3) is 0 Å². The van der Waals surface area contributed by atoms with E-state index >= 15 is 0 Å². The van der Waals surface area contributed by atoms with Crippen molar-refractivity contribution in [3.05, 3.63) is 59.7 Å². The van der Waals surface area contributed by atoms with Crippen LogP contribution in [0.5, 0.6) is 11.5 Å². The fourth-order valence-electron chi connectivity index (χ4n) is 1.64. The van der Waals surface area contributed by atoms with E-state index in [9.17, 15) is 19.8 Å². The van der Waals surface area contributed by atoms with Crippen molar-refractivity contribution in [2.45, 2.75) is 6.42 Å². The summed E-state index contributed by atoms with van der Waals surface area (Å²) in [4.78, 5) is 20.4. The predicted molar refractivity (Wildman–Crippen MR) is 79.0 cm³/mol. The highest BCUT2D eigenvalue weighted by atomic mass is 16.5. The number of ether oxygens (including phenoxy) is 2. The van der Waals surface area contributed by atoms with Crippen LogP contribution in [-0.2, 0) is 11.2 Å². The quantitative estimate of drug-likeness (QED) is 0.772. The zero-order valence-electron chi connectivity index (χ0n) is 12.8. The first-order valence-electron chi connectivity index (χ1n) is 6.64. The minimum Gasteiger partial charge on any atom is -0.550 e. The predicted octanol–water partition coefficient (Wildman–Crippen LogP) is 0.0463. The molecule has 2 aromatic carbocycles. The second-order valence-corrected chi connectivity index (χ2v) is 4.41. The molecule has 2 aromatic rings. The van der Waals surface area contributed by atoms with Gasteiger partial charge in [-0.3, -0.25) is 0 Å². The molecule has 0 aliphatic heterocycles. The molecule has 0 N–H and O–H groups in total. The fourth-order valence-corrected chi connectivity index (χ4v) is 1.64. The number of carbonyl (C=O) groups excluding carboxylic acids is 2. The molecule has 0 atom stereocenters. The Morgan fingerprint density at radius 3 is 1.61 bits per heavy atom. The van der Waals surface area contributed by atoms with E-state index < -0.39 is 11.9 Å². The summed E-state index contributed by atoms with van der Waals surface area (Å²) in [5, 5.41) is 20.4. The number of aromatic carboxylic acids is 1. The number of carboxylic acids is 2. The van der Waals surface area contributed by atoms with Gasteiger partial charge in [0.2, 0.25) is 0 Å². The normalized spacial score (nSPS) is 9.30. The van der Waals surface area contributed by atoms with Gasteiger partial charge in [-0.15, -0.1) is 0 Å². The van der Waals surface area contributed by atoms with Crippen molar-refractivity contribution < 1.29 is 29.3 Å². The smallest absolute Gasteiger partial charge is 0.118 e. The zero-order chi connectivity index (χ0) is 17.2. The first-order valence-corrected chi connectivity index (χ1v) is 6.64. The molecular formula is C17H16O6-2. The summed E-state index contributed by atoms with van der Waals surface area (Å²) in [5.74, 6) is -0.889. The van der Waals surface area contributed by atoms with Gasteiger partial charge in [0, 0.05) is 12.4 Å². The number of hydrogen-bond acceptors (Lipinski definition) is 6. The standard InChI is InChI=1S/C9H10O3.C8H8O3/c1-12-8-4-2-7(3-5-8)6-9(10)11;1-11-7-4-2-6(3-5-7)8(9)10/h2-5H,6H2,1H3,(H,10,11);2-5H,1H3,(H,9,10)/p-2. The molecule has 0 saturated heterocycles. The Balaban J connectivity index is 0.000000231. The lowest BCUT2D eigenvalue weighted by molar-refractivity contribution is -0.304. The minimum atomic E-state index is -1.17. The molecule has 0 amide bonds. The molecule has 122 valence electrons. The van der Waals surface area contributed by atoms with Gasteiger partial charge in [-0.25, -0.2) is 0 Å². The van der Waals surface area contributed by atoms with Gasteiger partial charge in [0.15, 0.2) is 0 Å². The van der Waals surface area contributed by atoms with E-state index in [1.165, 1.54) is 19.2 Å². The maximum atomic E-state index is 10.2. The molecule has 0 spiro atoms. The molecular weight excluding hydrogens is 300 g/mol. The van der Waals surface area contributed by atoms with E-state index in [1.807, 2.05) is 0 Å². The highest BCUT2D eigenvalue weighted by molar-refractivity contribution is 5.85. The largest absolute Gasteiger partial charge is 0.550 e. The Bertz CT molecular complexity index is 631. The number of hydrogen-bond donors (Lipinski definition) is 0. The van der Waals surface area contributed by atoms with Gasteiger partial charge in [0.05, 0.1) is 20.2 Å². The Morgan fingerprint density at radius 1 is 0.826 bits per heavy atom. The van der Waals surface area contributed by atoms with Crippen molar-refractivity contribution in [2.75, 3.05) is 14.2 Å². The number of methoxy groups -OCH3 is 2. The molecule has 0 aliphatic carbocycles. The van der Waals surface area contributed by atoms with Gasteiger partial charge in [0.25, 0.3) is 0 Å². The third-order valence-corrected chi connectivity index (χ3v) is 2.83. The zero-order valence-corrected chi connectivity index (χ0v) is 12.8. The van der Waals surface area contributed by atoms with E-state index in [4.69, 9.17) is 9.47 Å². The molecule has 0 aliphatic rings. The Labute approximate surface area is 133 Å². The molecule has 0 saturated carbocycles. The number of carbonyl (C=O) groups is 2. The molecule has 23 heavy (non-hydrogen) atoms. The second kappa shape index (κ2) is 9.09. The van der Waals surface area contributed by atoms with Crippen LogP contribution in [0.2, 0.25) is 0 Å². The number of rotatable bonds is 5. The van der Waals surface area contributed by atoms with Gasteiger partial charge in [-0.1, -0.05) is 12.1 Å². The molecule has 0 radical (unpaired) electrons. The van der Waals surface area contributed by atoms with Gasteiger partial charge >= 0.3 is 0 Å². The summed E-state index contributed by atoms with van der Waals surface area (Å²) in [7, 11) is 3.09. The van der Waals surface area contributed by atoms with E-state index in [0.717, 1.165) is 11.3 Å². The SMILES string of the molecule is COc1ccc(C(=O)[O-])cc1.COc1ccc(CC(=O)[O-])cc1. The molecule has 6 heteroatoms. The van der Waals surface area contributed by atoms with Crippen LogP contribution in [0.3, 0.4) is 0 Å². The molecule has 0 fully saturated rings. The Hall–Kier alpha value is -3.02. The van der Waals surface area contributed by atoms with E-state index in [0.29, 0.717) is 5.75 Å². The van der Waals surface area contributed by atoms with Crippen molar-refractivity contribution in [1.29, 1.82) is 0 Å². The van der Waals surface area contributed by atoms with E-state index in [-0.39, 0.29) is 12.0 Å². The van der Waals surface area contributed by atoms with Crippen LogP contribution >= 0.6 is 0 Å². The summed E-state index contributed by atoms with van der Waals surface area (Å²) in [6, 6.07) is 12.9. The van der Waals surface area contributed by atoms with Crippen LogP contribution in [0, 0.1) is 0 Å². The maximum Gasteiger partial charge on any atom is 0.118 e. The lowest BCUT2D eigenvalue weighted by Gasteiger charge is -2.03. The molecule has 0 unspecified atom stereocenters. The fraction of sp³-hybridized carbons (Fsp3) is 0.176. The van der Waals surface area contributed by atoms with Crippen molar-refractivity contribution in [3.8, 4) is 11.5 Å². The summed E-state index contributed by atoms with van der Waals surface area (Å²) in [6.45, 7) is 0. The molecule has 6 nitrogen and oxygen atoms in total. The average molecular weight is 316 g/mol. The van der Waals surface area contributed by atoms with Crippen molar-refractivity contribution in [2.24, 2.45) is 0 Å². The summed E-state index contributed by atoms with van der Waals surface area (Å²) in [6.07, 6.45) is -0.0516. The van der Waals surface area contributed by atoms with Gasteiger partial charge in [0.1, 0.15) is 11.5 Å². The summed E-state index contributed by atoms with van der Waals surface area (Å²) >= 11 is 0. The molecule has 0 aromatic heterocycles. The van der Waals surface area contributed by atoms with Crippen LogP contribution in [0.1, 0.15) is 15.9 Å². The molecule has 0 heterocycles. The first-order chi connectivity index (χ1) is 11.0. The van der Waals surface area contributed by atoms with Gasteiger partial charge in [-0.2, -0.15) is 0 Å². The number of aliphatic carboxylic acids is 1. The third-order valence-electron chi connectivity index (χ3n) is 2.83. The van der Waals surface area contributed by atoms with Crippen LogP contribution < -0.4 is 19.7 Å². The molecule has 2 rings (SSSR count). The van der Waals surface area contributed by atoms with Crippen LogP contribution in [-0.4, -0.2) is 26.2 Å². The lowest BCUT2D eigenvalue weighted by Crippen LogP contribution is -2.24. The third kappa shape index (κ3) is 6.52. The maximum absolute atomic E-state index is 10.2. The highest BCUT2D eigenvalue weighted by Gasteiger charge is 1.94. The monoisotopic (exact) mass is 316 g/mol. The van der Waals surface area contributed by atoms with Crippen molar-refractivity contribution in [1.82, 2.24) is 0 Å². The first kappa shape index (κ1) is 18.0. The minimum absolute atomic E-state index is 0.0516. The summed E-state index contributed by atoms with van der Waals surface area (Å²) < 4.78 is 9.75. The van der Waals surface area contributed by atoms with Crippen molar-refractivity contribution >= 4 is 11.9 Å². The lowest BCUT2D eigenvalue weighted by atomic mass is 10.1. The van der Waals surface area contributed by atoms with Gasteiger partial charge < -0.3 is 29.3 Å². The van der Waals surface area contributed by atoms with Crippen LogP contribution in [0.4, 0.5) is 0 Å². The molecule has 0 bridgehead atoms. The Morgan fingerprint density at radius 2 is 1.26 bits per heavy atom. The van der Waals surface area contributed by atoms with E-state index in [1.54, 1.807) is 43.5 Å². The summed E-state index contributed by atoms with van der Waals surface area (Å²) in [5.41, 5.74) is 0.876. The highest BCUT2D eigenvalue weighted by Crippen LogP contribution is 2.11. The van der Waals surface area contributed by atoms with Crippen LogP contribution in [0.15, 0.2) is 48.5 Å².